The number of Topliss-reactive ketones (excluding diaryl/α,β-unsaturated/α-hetero) is 1. The van der Waals surface area contributed by atoms with Crippen LogP contribution in [0.5, 0.6) is 0 Å². The van der Waals surface area contributed by atoms with Crippen molar-refractivity contribution in [2.75, 3.05) is 26.4 Å². The van der Waals surface area contributed by atoms with Crippen LogP contribution in [0, 0.1) is 5.41 Å². The van der Waals surface area contributed by atoms with Gasteiger partial charge in [0.25, 0.3) is 0 Å². The zero-order chi connectivity index (χ0) is 44.8. The van der Waals surface area contributed by atoms with Crippen molar-refractivity contribution in [2.45, 2.75) is 188 Å². The van der Waals surface area contributed by atoms with Crippen LogP contribution in [0.3, 0.4) is 0 Å². The van der Waals surface area contributed by atoms with Gasteiger partial charge >= 0.3 is 5.97 Å². The van der Waals surface area contributed by atoms with Crippen molar-refractivity contribution in [2.24, 2.45) is 22.6 Å². The predicted molar refractivity (Wildman–Crippen MR) is 209 cm³/mol. The molecule has 0 aromatic rings. The molecule has 3 aliphatic rings. The molecule has 4 unspecified atom stereocenters. The second-order valence-electron chi connectivity index (χ2n) is 16.2. The van der Waals surface area contributed by atoms with Gasteiger partial charge in [0.05, 0.1) is 50.0 Å². The first-order chi connectivity index (χ1) is 28.5. The molecule has 0 spiro atoms. The summed E-state index contributed by atoms with van der Waals surface area (Å²) in [5.41, 5.74) is 13.4. The van der Waals surface area contributed by atoms with Crippen LogP contribution in [-0.2, 0) is 33.3 Å². The number of carbonyl (C=O) groups is 2. The van der Waals surface area contributed by atoms with Gasteiger partial charge in [0.1, 0.15) is 60.5 Å². The summed E-state index contributed by atoms with van der Waals surface area (Å²) in [5.74, 6) is -2.57. The minimum absolute atomic E-state index is 0.163. The zero-order valence-electron chi connectivity index (χ0n) is 34.3. The van der Waals surface area contributed by atoms with E-state index in [2.05, 4.69) is 6.92 Å². The van der Waals surface area contributed by atoms with Gasteiger partial charge in [-0.25, -0.2) is 0 Å². The molecule has 3 rings (SSSR count). The highest BCUT2D eigenvalue weighted by Crippen LogP contribution is 2.51. The summed E-state index contributed by atoms with van der Waals surface area (Å²) in [5, 5.41) is 117. The molecule has 0 radical (unpaired) electrons. The number of ether oxygens (including phenoxy) is 5. The van der Waals surface area contributed by atoms with Gasteiger partial charge in [-0.2, -0.15) is 0 Å². The van der Waals surface area contributed by atoms with Crippen molar-refractivity contribution in [3.8, 4) is 0 Å². The maximum Gasteiger partial charge on any atom is 0.303 e. The van der Waals surface area contributed by atoms with Gasteiger partial charge < -0.3 is 97.1 Å². The fraction of sp³-hybridized carbons (Fsp3) is 0.897. The maximum atomic E-state index is 14.3. The molecular formula is C39H71N3O18. The largest absolute Gasteiger partial charge is 0.481 e. The van der Waals surface area contributed by atoms with Crippen LogP contribution in [-0.4, -0.2) is 192 Å². The molecule has 0 amide bonds. The number of aliphatic carboxylic acids is 1. The quantitative estimate of drug-likeness (QED) is 0.0294. The lowest BCUT2D eigenvalue weighted by Gasteiger charge is -2.57. The van der Waals surface area contributed by atoms with Crippen LogP contribution in [0.4, 0.5) is 0 Å². The summed E-state index contributed by atoms with van der Waals surface area (Å²) in [7, 11) is 0. The number of nitrogens with two attached hydrogens (primary N) is 3. The van der Waals surface area contributed by atoms with Crippen LogP contribution in [0.15, 0.2) is 12.2 Å². The number of unbranched alkanes of at least 4 members (excludes halogenated alkanes) is 8. The Hall–Kier alpha value is -1.84. The highest BCUT2D eigenvalue weighted by Gasteiger charge is 2.67. The Morgan fingerprint density at radius 1 is 0.733 bits per heavy atom. The molecule has 0 aromatic heterocycles. The number of carbonyl (C=O) groups excluding carboxylic acids is 1. The summed E-state index contributed by atoms with van der Waals surface area (Å²) in [6.45, 7) is -1.87. The van der Waals surface area contributed by atoms with Gasteiger partial charge in [-0.05, 0) is 38.5 Å². The highest BCUT2D eigenvalue weighted by atomic mass is 16.7. The first-order valence-corrected chi connectivity index (χ1v) is 21.0. The number of hydrogen-bond donors (Lipinski definition) is 14. The monoisotopic (exact) mass is 869 g/mol. The van der Waals surface area contributed by atoms with Crippen molar-refractivity contribution >= 4 is 11.8 Å². The normalized spacial score (nSPS) is 37.8. The minimum atomic E-state index is -2.65. The fourth-order valence-electron chi connectivity index (χ4n) is 8.45. The highest BCUT2D eigenvalue weighted by molar-refractivity contribution is 5.90. The number of rotatable bonds is 26. The molecule has 0 saturated carbocycles. The molecule has 3 saturated heterocycles. The Balaban J connectivity index is 1.91. The number of carboxylic acid groups (broad SMARTS) is 1. The SMILES string of the molecule is CCCCCCCC/C=C\CCCCC(CCC(=O)O)(C(=O)C(O)CO)[C@]1(CO)O[C@H](OC2[C@@H](CO)O[C@@H](OC3[C@@H](CO)O[C@@H](O)[C@H](N)[C@H]3O)[C@H](N)[C@H]2O)[C@H](N)[C@@H](O)[C@@H]1O. The minimum Gasteiger partial charge on any atom is -0.481 e. The molecule has 3 heterocycles. The van der Waals surface area contributed by atoms with Crippen molar-refractivity contribution in [1.82, 2.24) is 0 Å². The number of hydrogen-bond acceptors (Lipinski definition) is 20. The molecule has 350 valence electrons. The van der Waals surface area contributed by atoms with E-state index in [-0.39, 0.29) is 12.8 Å². The van der Waals surface area contributed by atoms with E-state index < -0.39 is 154 Å². The van der Waals surface area contributed by atoms with Crippen molar-refractivity contribution in [1.29, 1.82) is 0 Å². The molecule has 3 fully saturated rings. The Morgan fingerprint density at radius 3 is 1.83 bits per heavy atom. The lowest BCUT2D eigenvalue weighted by atomic mass is 9.58. The summed E-state index contributed by atoms with van der Waals surface area (Å²) in [6, 6.07) is -4.63. The van der Waals surface area contributed by atoms with Crippen molar-refractivity contribution < 1.29 is 89.4 Å². The van der Waals surface area contributed by atoms with Gasteiger partial charge in [0.2, 0.25) is 0 Å². The molecule has 21 heteroatoms. The topological polar surface area (TPSA) is 381 Å². The summed E-state index contributed by atoms with van der Waals surface area (Å²) >= 11 is 0. The molecule has 17 atom stereocenters. The van der Waals surface area contributed by atoms with Crippen molar-refractivity contribution in [3.63, 3.8) is 0 Å². The molecule has 0 aromatic carbocycles. The third kappa shape index (κ3) is 12.2. The average molecular weight is 870 g/mol. The number of aliphatic hydroxyl groups excluding tert-OH is 10. The van der Waals surface area contributed by atoms with E-state index in [1.54, 1.807) is 0 Å². The molecule has 21 nitrogen and oxygen atoms in total. The molecule has 0 bridgehead atoms. The molecule has 3 aliphatic heterocycles. The zero-order valence-corrected chi connectivity index (χ0v) is 34.3. The molecule has 60 heavy (non-hydrogen) atoms. The van der Waals surface area contributed by atoms with Gasteiger partial charge in [0.15, 0.2) is 24.7 Å². The van der Waals surface area contributed by atoms with Gasteiger partial charge in [-0.3, -0.25) is 9.59 Å². The van der Waals surface area contributed by atoms with Gasteiger partial charge in [-0.1, -0.05) is 57.6 Å². The van der Waals surface area contributed by atoms with E-state index in [1.165, 1.54) is 12.8 Å². The Bertz CT molecular complexity index is 1320. The fourth-order valence-corrected chi connectivity index (χ4v) is 8.45. The third-order valence-corrected chi connectivity index (χ3v) is 12.1. The number of aliphatic hydroxyl groups is 10. The van der Waals surface area contributed by atoms with E-state index in [1.807, 2.05) is 12.2 Å². The Morgan fingerprint density at radius 2 is 1.27 bits per heavy atom. The first-order valence-electron chi connectivity index (χ1n) is 21.0. The summed E-state index contributed by atoms with van der Waals surface area (Å²) < 4.78 is 29.0. The second-order valence-corrected chi connectivity index (χ2v) is 16.2. The third-order valence-electron chi connectivity index (χ3n) is 12.1. The van der Waals surface area contributed by atoms with Crippen LogP contribution < -0.4 is 17.2 Å². The van der Waals surface area contributed by atoms with E-state index in [9.17, 15) is 65.8 Å². The van der Waals surface area contributed by atoms with E-state index in [0.29, 0.717) is 12.8 Å². The number of carboxylic acids is 1. The number of ketones is 1. The Labute approximate surface area is 350 Å². The molecular weight excluding hydrogens is 798 g/mol. The van der Waals surface area contributed by atoms with Crippen LogP contribution in [0.25, 0.3) is 0 Å². The summed E-state index contributed by atoms with van der Waals surface area (Å²) in [4.78, 5) is 26.3. The second kappa shape index (κ2) is 24.9. The lowest BCUT2D eigenvalue weighted by Crippen LogP contribution is -2.76. The predicted octanol–water partition coefficient (Wildman–Crippen LogP) is -3.66. The van der Waals surface area contributed by atoms with Crippen LogP contribution in [0.2, 0.25) is 0 Å². The average Bonchev–Trinajstić information content (AvgIpc) is 3.24. The lowest BCUT2D eigenvalue weighted by molar-refractivity contribution is -0.373. The van der Waals surface area contributed by atoms with Crippen LogP contribution >= 0.6 is 0 Å². The van der Waals surface area contributed by atoms with Crippen molar-refractivity contribution in [3.05, 3.63) is 12.2 Å². The van der Waals surface area contributed by atoms with E-state index in [4.69, 9.17) is 40.9 Å². The van der Waals surface area contributed by atoms with E-state index in [0.717, 1.165) is 32.1 Å². The smallest absolute Gasteiger partial charge is 0.303 e. The standard InChI is InChI=1S/C39H71N3O18/c1-2-3-4-5-6-7-8-9-10-11-12-13-15-38(16-14-24(48)49,33(53)21(47)17-43)39(20-46)34(54)30(52)27(42)37(60-39)59-32-23(19-45)57-36(26(41)29(32)51)58-31-22(18-44)56-35(55)25(40)28(31)50/h9-10,21-23,25-32,34-37,43-47,50-52,54-55H,2-8,11-20,40-42H2,1H3,(H,48,49)/b10-9-/t21?,22-,23-,25-,26-,27-,28-,29-,30-,31?,32?,34+,35-,36+,37+,38?,39-/m1/s1. The van der Waals surface area contributed by atoms with Gasteiger partial charge in [-0.15, -0.1) is 0 Å². The summed E-state index contributed by atoms with van der Waals surface area (Å²) in [6.07, 6.45) is -9.89. The van der Waals surface area contributed by atoms with Gasteiger partial charge in [0, 0.05) is 6.42 Å². The first kappa shape index (κ1) is 52.5. The maximum absolute atomic E-state index is 14.3. The van der Waals surface area contributed by atoms with E-state index >= 15 is 0 Å². The molecule has 17 N–H and O–H groups in total. The Kier molecular flexibility index (Phi) is 21.8. The molecule has 0 aliphatic carbocycles. The number of allylic oxidation sites excluding steroid dienone is 2. The van der Waals surface area contributed by atoms with Crippen LogP contribution in [0.1, 0.15) is 90.4 Å².